The number of aliphatic imine (C=N–C) groups is 1. The number of hydrogen-bond acceptors (Lipinski definition) is 5. The van der Waals surface area contributed by atoms with Crippen LogP contribution in [0.2, 0.25) is 0 Å². The molecule has 2 aliphatic rings. The molecule has 2 aliphatic heterocycles. The van der Waals surface area contributed by atoms with E-state index in [0.717, 1.165) is 0 Å². The summed E-state index contributed by atoms with van der Waals surface area (Å²) in [5.74, 6) is 0.305. The third-order valence-electron chi connectivity index (χ3n) is 2.05. The number of nitro groups is 1. The van der Waals surface area contributed by atoms with Crippen LogP contribution in [0.3, 0.4) is 0 Å². The van der Waals surface area contributed by atoms with Crippen LogP contribution in [0.15, 0.2) is 4.99 Å². The third kappa shape index (κ3) is 1.55. The van der Waals surface area contributed by atoms with Gasteiger partial charge in [0.2, 0.25) is 0 Å². The number of nitrogens with zero attached hydrogens (tertiary/aromatic N) is 3. The Bertz CT molecular complexity index is 267. The lowest BCUT2D eigenvalue weighted by atomic mass is 10.4. The number of hydrazine groups is 1. The molecule has 1 saturated heterocycles. The molecule has 0 aromatic heterocycles. The first-order chi connectivity index (χ1) is 6.18. The topological polar surface area (TPSA) is 83.3 Å². The minimum Gasteiger partial charge on any atom is -0.348 e. The number of hydrogen-bond donors (Lipinski definition) is 1. The number of nitrogens with one attached hydrogen (secondary N) is 1. The molecule has 0 aromatic rings. The summed E-state index contributed by atoms with van der Waals surface area (Å²) in [4.78, 5) is 15.9. The Kier molecular flexibility index (Phi) is 1.80. The van der Waals surface area contributed by atoms with Crippen LogP contribution in [-0.2, 0) is 4.74 Å². The quantitative estimate of drug-likeness (QED) is 0.346. The zero-order valence-electron chi connectivity index (χ0n) is 7.14. The second kappa shape index (κ2) is 2.84. The highest BCUT2D eigenvalue weighted by Gasteiger charge is 2.43. The molecule has 1 N–H and O–H groups in total. The molecular formula is C6H10N4O3. The summed E-state index contributed by atoms with van der Waals surface area (Å²) in [6.07, 6.45) is 0.116. The molecule has 0 radical (unpaired) electrons. The molecule has 0 amide bonds. The van der Waals surface area contributed by atoms with E-state index in [1.54, 1.807) is 4.90 Å². The van der Waals surface area contributed by atoms with E-state index in [1.165, 1.54) is 0 Å². The Morgan fingerprint density at radius 1 is 1.85 bits per heavy atom. The fraction of sp³-hybridized carbons (Fsp3) is 0.833. The van der Waals surface area contributed by atoms with E-state index in [1.807, 2.05) is 6.92 Å². The second-order valence-electron chi connectivity index (χ2n) is 3.00. The third-order valence-corrected chi connectivity index (χ3v) is 2.05. The molecule has 0 aromatic carbocycles. The molecule has 1 fully saturated rings. The normalized spacial score (nSPS) is 31.5. The van der Waals surface area contributed by atoms with E-state index in [9.17, 15) is 10.1 Å². The van der Waals surface area contributed by atoms with Crippen molar-refractivity contribution in [2.75, 3.05) is 13.1 Å². The lowest BCUT2D eigenvalue weighted by Gasteiger charge is -2.14. The van der Waals surface area contributed by atoms with Gasteiger partial charge in [0.25, 0.3) is 5.96 Å². The second-order valence-corrected chi connectivity index (χ2v) is 3.00. The zero-order valence-corrected chi connectivity index (χ0v) is 7.14. The Balaban J connectivity index is 1.97. The molecule has 0 spiro atoms. The van der Waals surface area contributed by atoms with E-state index >= 15 is 0 Å². The predicted molar refractivity (Wildman–Crippen MR) is 43.5 cm³/mol. The van der Waals surface area contributed by atoms with Crippen molar-refractivity contribution < 1.29 is 9.77 Å². The SMILES string of the molecule is CC1OC1N1CCN=C1N[N+](=O)[O-]. The van der Waals surface area contributed by atoms with E-state index in [4.69, 9.17) is 4.74 Å². The van der Waals surface area contributed by atoms with Gasteiger partial charge in [-0.05, 0) is 6.92 Å². The average Bonchev–Trinajstić information content (AvgIpc) is 2.60. The first-order valence-corrected chi connectivity index (χ1v) is 4.06. The summed E-state index contributed by atoms with van der Waals surface area (Å²) in [6.45, 7) is 3.20. The number of rotatable bonds is 2. The molecule has 2 rings (SSSR count). The van der Waals surface area contributed by atoms with Gasteiger partial charge in [-0.25, -0.2) is 15.1 Å². The predicted octanol–water partition coefficient (Wildman–Crippen LogP) is -0.816. The van der Waals surface area contributed by atoms with E-state index in [2.05, 4.69) is 10.4 Å². The van der Waals surface area contributed by atoms with Crippen molar-refractivity contribution in [3.8, 4) is 0 Å². The van der Waals surface area contributed by atoms with Crippen LogP contribution < -0.4 is 5.43 Å². The lowest BCUT2D eigenvalue weighted by molar-refractivity contribution is -0.526. The summed E-state index contributed by atoms with van der Waals surface area (Å²) in [7, 11) is 0. The molecule has 0 bridgehead atoms. The molecule has 0 aliphatic carbocycles. The minimum atomic E-state index is -0.607. The van der Waals surface area contributed by atoms with Crippen molar-refractivity contribution in [2.24, 2.45) is 4.99 Å². The molecule has 2 atom stereocenters. The smallest absolute Gasteiger partial charge is 0.259 e. The van der Waals surface area contributed by atoms with Gasteiger partial charge in [0.15, 0.2) is 11.3 Å². The summed E-state index contributed by atoms with van der Waals surface area (Å²) in [6, 6.07) is 0. The monoisotopic (exact) mass is 186 g/mol. The van der Waals surface area contributed by atoms with Gasteiger partial charge in [0, 0.05) is 6.54 Å². The van der Waals surface area contributed by atoms with Crippen molar-refractivity contribution in [1.29, 1.82) is 0 Å². The fourth-order valence-electron chi connectivity index (χ4n) is 1.39. The van der Waals surface area contributed by atoms with Crippen LogP contribution in [0.5, 0.6) is 0 Å². The molecule has 0 saturated carbocycles. The van der Waals surface area contributed by atoms with Crippen molar-refractivity contribution in [3.05, 3.63) is 10.1 Å². The van der Waals surface area contributed by atoms with Gasteiger partial charge in [0.05, 0.1) is 6.54 Å². The first-order valence-electron chi connectivity index (χ1n) is 4.06. The highest BCUT2D eigenvalue weighted by molar-refractivity contribution is 5.80. The largest absolute Gasteiger partial charge is 0.348 e. The summed E-state index contributed by atoms with van der Waals surface area (Å²) in [5, 5.41) is 9.56. The van der Waals surface area contributed by atoms with Crippen LogP contribution in [0.1, 0.15) is 6.92 Å². The van der Waals surface area contributed by atoms with Crippen LogP contribution >= 0.6 is 0 Å². The molecule has 72 valence electrons. The summed E-state index contributed by atoms with van der Waals surface area (Å²) < 4.78 is 5.20. The molecule has 7 nitrogen and oxygen atoms in total. The van der Waals surface area contributed by atoms with Gasteiger partial charge >= 0.3 is 0 Å². The molecule has 13 heavy (non-hydrogen) atoms. The highest BCUT2D eigenvalue weighted by atomic mass is 16.7. The average molecular weight is 186 g/mol. The van der Waals surface area contributed by atoms with Crippen molar-refractivity contribution >= 4 is 5.96 Å². The lowest BCUT2D eigenvalue weighted by Crippen LogP contribution is -2.43. The van der Waals surface area contributed by atoms with E-state index < -0.39 is 5.03 Å². The first kappa shape index (κ1) is 8.24. The van der Waals surface area contributed by atoms with Gasteiger partial charge in [-0.1, -0.05) is 5.43 Å². The molecular weight excluding hydrogens is 176 g/mol. The van der Waals surface area contributed by atoms with Crippen molar-refractivity contribution in [1.82, 2.24) is 10.3 Å². The molecule has 2 unspecified atom stereocenters. The Labute approximate surface area is 74.5 Å². The Morgan fingerprint density at radius 2 is 2.54 bits per heavy atom. The summed E-state index contributed by atoms with van der Waals surface area (Å²) in [5.41, 5.74) is 2.05. The molecule has 7 heteroatoms. The van der Waals surface area contributed by atoms with Crippen LogP contribution in [0, 0.1) is 10.1 Å². The maximum Gasteiger partial charge on any atom is 0.259 e. The highest BCUT2D eigenvalue weighted by Crippen LogP contribution is 2.26. The van der Waals surface area contributed by atoms with Gasteiger partial charge in [-0.15, -0.1) is 0 Å². The minimum absolute atomic E-state index is 0.0336. The molecule has 2 heterocycles. The Hall–Kier alpha value is -1.37. The number of guanidine groups is 1. The van der Waals surface area contributed by atoms with Crippen LogP contribution in [0.25, 0.3) is 0 Å². The number of ether oxygens (including phenoxy) is 1. The van der Waals surface area contributed by atoms with Crippen LogP contribution in [0.4, 0.5) is 0 Å². The van der Waals surface area contributed by atoms with Crippen LogP contribution in [-0.4, -0.2) is 41.3 Å². The standard InChI is InChI=1S/C6H10N4O3/c1-4-5(13-4)9-3-2-7-6(9)8-10(11)12/h4-5H,2-3H2,1H3,(H,7,8). The van der Waals surface area contributed by atoms with Crippen molar-refractivity contribution in [3.63, 3.8) is 0 Å². The maximum atomic E-state index is 10.2. The van der Waals surface area contributed by atoms with E-state index in [0.29, 0.717) is 19.0 Å². The van der Waals surface area contributed by atoms with Crippen molar-refractivity contribution in [2.45, 2.75) is 19.3 Å². The zero-order chi connectivity index (χ0) is 9.42. The van der Waals surface area contributed by atoms with Gasteiger partial charge in [0.1, 0.15) is 6.10 Å². The fourth-order valence-corrected chi connectivity index (χ4v) is 1.39. The van der Waals surface area contributed by atoms with Gasteiger partial charge in [-0.2, -0.15) is 0 Å². The maximum absolute atomic E-state index is 10.2. The summed E-state index contributed by atoms with van der Waals surface area (Å²) >= 11 is 0. The van der Waals surface area contributed by atoms with Gasteiger partial charge < -0.3 is 9.64 Å². The number of epoxide rings is 1. The Morgan fingerprint density at radius 3 is 3.08 bits per heavy atom. The van der Waals surface area contributed by atoms with E-state index in [-0.39, 0.29) is 12.3 Å². The van der Waals surface area contributed by atoms with Gasteiger partial charge in [-0.3, -0.25) is 0 Å².